The van der Waals surface area contributed by atoms with Crippen LogP contribution in [0.5, 0.6) is 0 Å². The van der Waals surface area contributed by atoms with Gasteiger partial charge in [-0.05, 0) is 27.7 Å². The van der Waals surface area contributed by atoms with Gasteiger partial charge in [0, 0.05) is 17.2 Å². The molecule has 0 bridgehead atoms. The smallest absolute Gasteiger partial charge is 0.330 e. The molecule has 0 unspecified atom stereocenters. The molecule has 0 aromatic heterocycles. The molecule has 1 amide bonds. The van der Waals surface area contributed by atoms with E-state index in [0.29, 0.717) is 5.57 Å². The van der Waals surface area contributed by atoms with Crippen molar-refractivity contribution >= 4 is 11.9 Å². The molecule has 0 rings (SSSR count). The van der Waals surface area contributed by atoms with Crippen molar-refractivity contribution in [3.63, 3.8) is 0 Å². The van der Waals surface area contributed by atoms with Gasteiger partial charge in [0.25, 0.3) is 0 Å². The summed E-state index contributed by atoms with van der Waals surface area (Å²) in [4.78, 5) is 22.2. The summed E-state index contributed by atoms with van der Waals surface area (Å²) in [5.74, 6) is -0.783. The monoisotopic (exact) mass is 199 g/mol. The van der Waals surface area contributed by atoms with E-state index in [9.17, 15) is 9.59 Å². The molecule has 0 atom stereocenters. The number of carbonyl (C=O) groups excluding carboxylic acids is 2. The van der Waals surface area contributed by atoms with Crippen molar-refractivity contribution < 1.29 is 14.3 Å². The second kappa shape index (κ2) is 4.79. The van der Waals surface area contributed by atoms with Crippen molar-refractivity contribution in [2.45, 2.75) is 33.2 Å². The Balaban J connectivity index is 4.41. The lowest BCUT2D eigenvalue weighted by Gasteiger charge is -2.20. The SMILES string of the molecule is COC(=O)/C=C(\C)C(=O)NC(C)(C)C. The van der Waals surface area contributed by atoms with Crippen LogP contribution in [-0.2, 0) is 14.3 Å². The van der Waals surface area contributed by atoms with Crippen LogP contribution in [-0.4, -0.2) is 24.5 Å². The van der Waals surface area contributed by atoms with Gasteiger partial charge in [-0.25, -0.2) is 4.79 Å². The Morgan fingerprint density at radius 3 is 2.14 bits per heavy atom. The van der Waals surface area contributed by atoms with Crippen LogP contribution in [0.3, 0.4) is 0 Å². The molecule has 0 aliphatic carbocycles. The number of hydrogen-bond acceptors (Lipinski definition) is 3. The largest absolute Gasteiger partial charge is 0.466 e. The van der Waals surface area contributed by atoms with Gasteiger partial charge in [-0.2, -0.15) is 0 Å². The Morgan fingerprint density at radius 1 is 1.29 bits per heavy atom. The fraction of sp³-hybridized carbons (Fsp3) is 0.600. The van der Waals surface area contributed by atoms with Crippen LogP contribution in [0.1, 0.15) is 27.7 Å². The van der Waals surface area contributed by atoms with Gasteiger partial charge >= 0.3 is 5.97 Å². The van der Waals surface area contributed by atoms with Gasteiger partial charge in [0.2, 0.25) is 5.91 Å². The standard InChI is InChI=1S/C10H17NO3/c1-7(6-8(12)14-5)9(13)11-10(2,3)4/h6H,1-5H3,(H,11,13)/b7-6+. The molecule has 0 aromatic carbocycles. The first-order valence-electron chi connectivity index (χ1n) is 4.35. The van der Waals surface area contributed by atoms with E-state index in [1.165, 1.54) is 13.2 Å². The minimum Gasteiger partial charge on any atom is -0.466 e. The van der Waals surface area contributed by atoms with Gasteiger partial charge in [0.15, 0.2) is 0 Å². The van der Waals surface area contributed by atoms with Crippen molar-refractivity contribution in [3.05, 3.63) is 11.6 Å². The van der Waals surface area contributed by atoms with E-state index in [4.69, 9.17) is 0 Å². The van der Waals surface area contributed by atoms with Gasteiger partial charge < -0.3 is 10.1 Å². The van der Waals surface area contributed by atoms with Crippen molar-refractivity contribution in [1.29, 1.82) is 0 Å². The highest BCUT2D eigenvalue weighted by atomic mass is 16.5. The third-order valence-electron chi connectivity index (χ3n) is 1.38. The lowest BCUT2D eigenvalue weighted by Crippen LogP contribution is -2.41. The van der Waals surface area contributed by atoms with E-state index in [1.54, 1.807) is 6.92 Å². The van der Waals surface area contributed by atoms with Crippen LogP contribution in [0.4, 0.5) is 0 Å². The molecule has 0 aromatic rings. The van der Waals surface area contributed by atoms with Gasteiger partial charge in [-0.3, -0.25) is 4.79 Å². The van der Waals surface area contributed by atoms with Crippen molar-refractivity contribution in [2.24, 2.45) is 0 Å². The second-order valence-electron chi connectivity index (χ2n) is 4.05. The van der Waals surface area contributed by atoms with Crippen LogP contribution in [0, 0.1) is 0 Å². The number of esters is 1. The molecule has 0 fully saturated rings. The normalized spacial score (nSPS) is 12.2. The predicted octanol–water partition coefficient (Wildman–Crippen LogP) is 1.02. The maximum Gasteiger partial charge on any atom is 0.330 e. The zero-order chi connectivity index (χ0) is 11.4. The average molecular weight is 199 g/mol. The summed E-state index contributed by atoms with van der Waals surface area (Å²) in [6.45, 7) is 7.18. The summed E-state index contributed by atoms with van der Waals surface area (Å²) >= 11 is 0. The molecule has 0 radical (unpaired) electrons. The molecule has 0 aliphatic heterocycles. The van der Waals surface area contributed by atoms with Gasteiger partial charge in [-0.15, -0.1) is 0 Å². The molecule has 14 heavy (non-hydrogen) atoms. The third-order valence-corrected chi connectivity index (χ3v) is 1.38. The molecule has 4 nitrogen and oxygen atoms in total. The number of methoxy groups -OCH3 is 1. The molecule has 0 saturated heterocycles. The van der Waals surface area contributed by atoms with E-state index in [-0.39, 0.29) is 11.4 Å². The van der Waals surface area contributed by atoms with Gasteiger partial charge in [0.1, 0.15) is 0 Å². The Kier molecular flexibility index (Phi) is 4.34. The maximum absolute atomic E-state index is 11.4. The first kappa shape index (κ1) is 12.7. The zero-order valence-electron chi connectivity index (χ0n) is 9.30. The number of ether oxygens (including phenoxy) is 1. The van der Waals surface area contributed by atoms with E-state index in [0.717, 1.165) is 0 Å². The Hall–Kier alpha value is -1.32. The van der Waals surface area contributed by atoms with Crippen LogP contribution in [0.2, 0.25) is 0 Å². The number of carbonyl (C=O) groups is 2. The second-order valence-corrected chi connectivity index (χ2v) is 4.05. The first-order valence-corrected chi connectivity index (χ1v) is 4.35. The van der Waals surface area contributed by atoms with E-state index in [1.807, 2.05) is 20.8 Å². The highest BCUT2D eigenvalue weighted by molar-refractivity contribution is 5.99. The summed E-state index contributed by atoms with van der Waals surface area (Å²) in [6.07, 6.45) is 1.17. The van der Waals surface area contributed by atoms with Crippen LogP contribution in [0.25, 0.3) is 0 Å². The number of nitrogens with one attached hydrogen (secondary N) is 1. The zero-order valence-corrected chi connectivity index (χ0v) is 9.30. The van der Waals surface area contributed by atoms with Crippen LogP contribution >= 0.6 is 0 Å². The molecular weight excluding hydrogens is 182 g/mol. The number of hydrogen-bond donors (Lipinski definition) is 1. The summed E-state index contributed by atoms with van der Waals surface area (Å²) in [7, 11) is 1.27. The highest BCUT2D eigenvalue weighted by Gasteiger charge is 2.15. The fourth-order valence-electron chi connectivity index (χ4n) is 0.740. The van der Waals surface area contributed by atoms with E-state index < -0.39 is 5.97 Å². The molecule has 1 N–H and O–H groups in total. The van der Waals surface area contributed by atoms with Crippen molar-refractivity contribution in [2.75, 3.05) is 7.11 Å². The lowest BCUT2D eigenvalue weighted by molar-refractivity contribution is -0.135. The molecule has 0 saturated carbocycles. The Bertz CT molecular complexity index is 261. The van der Waals surface area contributed by atoms with Gasteiger partial charge in [0.05, 0.1) is 7.11 Å². The Morgan fingerprint density at radius 2 is 1.79 bits per heavy atom. The van der Waals surface area contributed by atoms with Crippen LogP contribution in [0.15, 0.2) is 11.6 Å². The summed E-state index contributed by atoms with van der Waals surface area (Å²) < 4.78 is 4.41. The molecule has 0 aliphatic rings. The predicted molar refractivity (Wildman–Crippen MR) is 53.7 cm³/mol. The number of rotatable bonds is 2. The van der Waals surface area contributed by atoms with E-state index >= 15 is 0 Å². The molecule has 4 heteroatoms. The summed E-state index contributed by atoms with van der Waals surface area (Å²) in [6, 6.07) is 0. The van der Waals surface area contributed by atoms with Crippen molar-refractivity contribution in [3.8, 4) is 0 Å². The van der Waals surface area contributed by atoms with Crippen LogP contribution < -0.4 is 5.32 Å². The maximum atomic E-state index is 11.4. The average Bonchev–Trinajstić information content (AvgIpc) is 2.00. The quantitative estimate of drug-likeness (QED) is 0.533. The van der Waals surface area contributed by atoms with E-state index in [2.05, 4.69) is 10.1 Å². The number of amides is 1. The molecule has 0 heterocycles. The fourth-order valence-corrected chi connectivity index (χ4v) is 0.740. The first-order chi connectivity index (χ1) is 6.26. The Labute approximate surface area is 84.3 Å². The summed E-state index contributed by atoms with van der Waals surface area (Å²) in [5, 5.41) is 2.73. The minimum atomic E-state index is -0.522. The lowest BCUT2D eigenvalue weighted by atomic mass is 10.1. The third kappa shape index (κ3) is 5.35. The summed E-state index contributed by atoms with van der Waals surface area (Å²) in [5.41, 5.74) is 0.0363. The highest BCUT2D eigenvalue weighted by Crippen LogP contribution is 2.02. The topological polar surface area (TPSA) is 55.4 Å². The minimum absolute atomic E-state index is 0.261. The van der Waals surface area contributed by atoms with Crippen molar-refractivity contribution in [1.82, 2.24) is 5.32 Å². The van der Waals surface area contributed by atoms with Gasteiger partial charge in [-0.1, -0.05) is 0 Å². The molecule has 0 spiro atoms. The molecular formula is C10H17NO3. The molecule has 80 valence electrons.